The normalized spacial score (nSPS) is 16.7. The van der Waals surface area contributed by atoms with E-state index in [0.717, 1.165) is 28.8 Å². The van der Waals surface area contributed by atoms with Gasteiger partial charge in [-0.1, -0.05) is 15.9 Å². The quantitative estimate of drug-likeness (QED) is 0.720. The molecule has 1 aliphatic rings. The molecule has 0 aromatic heterocycles. The van der Waals surface area contributed by atoms with Crippen molar-refractivity contribution in [1.82, 2.24) is 10.6 Å². The first-order chi connectivity index (χ1) is 11.0. The van der Waals surface area contributed by atoms with Crippen LogP contribution in [0, 0.1) is 6.92 Å². The Hall–Kier alpha value is -1.44. The summed E-state index contributed by atoms with van der Waals surface area (Å²) in [6, 6.07) is 5.60. The Balaban J connectivity index is 1.89. The number of amides is 2. The molecule has 23 heavy (non-hydrogen) atoms. The molecule has 0 aliphatic carbocycles. The molecule has 3 N–H and O–H groups in total. The maximum Gasteiger partial charge on any atom is 0.252 e. The first-order valence-electron chi connectivity index (χ1n) is 7.57. The van der Waals surface area contributed by atoms with Crippen LogP contribution in [0.5, 0.6) is 0 Å². The highest BCUT2D eigenvalue weighted by Crippen LogP contribution is 2.22. The maximum absolute atomic E-state index is 12.4. The van der Waals surface area contributed by atoms with Crippen molar-refractivity contribution < 1.29 is 14.3 Å². The summed E-state index contributed by atoms with van der Waals surface area (Å²) in [6.07, 6.45) is 1.20. The minimum absolute atomic E-state index is 0.0765. The molecule has 1 saturated heterocycles. The van der Waals surface area contributed by atoms with Crippen molar-refractivity contribution in [2.24, 2.45) is 0 Å². The SMILES string of the molecule is COC1(C(=O)NCC(=O)Nc2ccc(Br)cc2C)CCNCC1. The summed E-state index contributed by atoms with van der Waals surface area (Å²) >= 11 is 3.38. The summed E-state index contributed by atoms with van der Waals surface area (Å²) in [5.74, 6) is -0.492. The first kappa shape index (κ1) is 17.9. The molecule has 0 saturated carbocycles. The minimum atomic E-state index is -0.834. The molecule has 0 bridgehead atoms. The van der Waals surface area contributed by atoms with Gasteiger partial charge in [0.15, 0.2) is 0 Å². The number of methoxy groups -OCH3 is 1. The zero-order valence-electron chi connectivity index (χ0n) is 13.4. The monoisotopic (exact) mass is 383 g/mol. The number of rotatable bonds is 5. The number of benzene rings is 1. The fraction of sp³-hybridized carbons (Fsp3) is 0.500. The summed E-state index contributed by atoms with van der Waals surface area (Å²) in [6.45, 7) is 3.29. The van der Waals surface area contributed by atoms with Gasteiger partial charge in [-0.25, -0.2) is 0 Å². The number of nitrogens with one attached hydrogen (secondary N) is 3. The van der Waals surface area contributed by atoms with Gasteiger partial charge in [0.05, 0.1) is 6.54 Å². The number of anilines is 1. The molecule has 0 unspecified atom stereocenters. The van der Waals surface area contributed by atoms with Crippen LogP contribution in [0.1, 0.15) is 18.4 Å². The molecule has 0 atom stereocenters. The van der Waals surface area contributed by atoms with Crippen LogP contribution in [0.15, 0.2) is 22.7 Å². The average molecular weight is 384 g/mol. The van der Waals surface area contributed by atoms with Gasteiger partial charge in [-0.15, -0.1) is 0 Å². The predicted molar refractivity (Wildman–Crippen MR) is 92.4 cm³/mol. The van der Waals surface area contributed by atoms with Crippen LogP contribution < -0.4 is 16.0 Å². The molecular weight excluding hydrogens is 362 g/mol. The van der Waals surface area contributed by atoms with Crippen LogP contribution in [0.2, 0.25) is 0 Å². The van der Waals surface area contributed by atoms with Crippen LogP contribution in [0.25, 0.3) is 0 Å². The van der Waals surface area contributed by atoms with Gasteiger partial charge in [-0.3, -0.25) is 9.59 Å². The van der Waals surface area contributed by atoms with E-state index in [0.29, 0.717) is 12.8 Å². The fourth-order valence-electron chi connectivity index (χ4n) is 2.64. The van der Waals surface area contributed by atoms with E-state index in [1.165, 1.54) is 7.11 Å². The van der Waals surface area contributed by atoms with Gasteiger partial charge in [-0.05, 0) is 56.6 Å². The van der Waals surface area contributed by atoms with E-state index in [-0.39, 0.29) is 18.4 Å². The zero-order valence-corrected chi connectivity index (χ0v) is 15.0. The number of hydrogen-bond acceptors (Lipinski definition) is 4. The fourth-order valence-corrected chi connectivity index (χ4v) is 3.11. The Morgan fingerprint density at radius 3 is 2.65 bits per heavy atom. The smallest absolute Gasteiger partial charge is 0.252 e. The Morgan fingerprint density at radius 2 is 2.04 bits per heavy atom. The van der Waals surface area contributed by atoms with Crippen molar-refractivity contribution >= 4 is 33.4 Å². The molecular formula is C16H22BrN3O3. The summed E-state index contributed by atoms with van der Waals surface area (Å²) in [5.41, 5.74) is 0.848. The van der Waals surface area contributed by atoms with Crippen LogP contribution >= 0.6 is 15.9 Å². The molecule has 6 nitrogen and oxygen atoms in total. The third-order valence-corrected chi connectivity index (χ3v) is 4.58. The van der Waals surface area contributed by atoms with Crippen LogP contribution in [-0.2, 0) is 14.3 Å². The zero-order chi connectivity index (χ0) is 16.9. The molecule has 0 spiro atoms. The average Bonchev–Trinajstić information content (AvgIpc) is 2.55. The highest BCUT2D eigenvalue weighted by molar-refractivity contribution is 9.10. The molecule has 7 heteroatoms. The number of aryl methyl sites for hydroxylation is 1. The van der Waals surface area contributed by atoms with Crippen molar-refractivity contribution in [1.29, 1.82) is 0 Å². The lowest BCUT2D eigenvalue weighted by molar-refractivity contribution is -0.147. The Bertz CT molecular complexity index is 586. The van der Waals surface area contributed by atoms with E-state index >= 15 is 0 Å². The second kappa shape index (κ2) is 7.90. The van der Waals surface area contributed by atoms with Gasteiger partial charge in [0.25, 0.3) is 5.91 Å². The summed E-state index contributed by atoms with van der Waals surface area (Å²) in [7, 11) is 1.54. The Kier molecular flexibility index (Phi) is 6.15. The Labute approximate surface area is 144 Å². The van der Waals surface area contributed by atoms with E-state index in [4.69, 9.17) is 4.74 Å². The van der Waals surface area contributed by atoms with Gasteiger partial charge in [0.1, 0.15) is 5.60 Å². The van der Waals surface area contributed by atoms with Crippen LogP contribution in [-0.4, -0.2) is 44.2 Å². The molecule has 1 fully saturated rings. The lowest BCUT2D eigenvalue weighted by atomic mass is 9.91. The molecule has 126 valence electrons. The molecule has 2 rings (SSSR count). The number of ether oxygens (including phenoxy) is 1. The standard InChI is InChI=1S/C16H22BrN3O3/c1-11-9-12(17)3-4-13(11)20-14(21)10-19-15(22)16(23-2)5-7-18-8-6-16/h3-4,9,18H,5-8,10H2,1-2H3,(H,19,22)(H,20,21). The van der Waals surface area contributed by atoms with Crippen molar-refractivity contribution in [2.75, 3.05) is 32.1 Å². The van der Waals surface area contributed by atoms with Crippen molar-refractivity contribution in [2.45, 2.75) is 25.4 Å². The van der Waals surface area contributed by atoms with Crippen LogP contribution in [0.4, 0.5) is 5.69 Å². The van der Waals surface area contributed by atoms with Gasteiger partial charge >= 0.3 is 0 Å². The molecule has 1 aromatic carbocycles. The number of hydrogen-bond donors (Lipinski definition) is 3. The van der Waals surface area contributed by atoms with Gasteiger partial charge in [0.2, 0.25) is 5.91 Å². The largest absolute Gasteiger partial charge is 0.368 e. The van der Waals surface area contributed by atoms with E-state index in [2.05, 4.69) is 31.9 Å². The van der Waals surface area contributed by atoms with Crippen LogP contribution in [0.3, 0.4) is 0 Å². The highest BCUT2D eigenvalue weighted by atomic mass is 79.9. The summed E-state index contributed by atoms with van der Waals surface area (Å²) < 4.78 is 6.39. The van der Waals surface area contributed by atoms with E-state index in [1.807, 2.05) is 25.1 Å². The highest BCUT2D eigenvalue weighted by Gasteiger charge is 2.39. The van der Waals surface area contributed by atoms with Gasteiger partial charge in [-0.2, -0.15) is 0 Å². The van der Waals surface area contributed by atoms with Gasteiger partial charge in [0, 0.05) is 17.3 Å². The summed E-state index contributed by atoms with van der Waals surface area (Å²) in [5, 5.41) is 8.67. The van der Waals surface area contributed by atoms with E-state index in [9.17, 15) is 9.59 Å². The predicted octanol–water partition coefficient (Wildman–Crippen LogP) is 1.58. The maximum atomic E-state index is 12.4. The number of piperidine rings is 1. The molecule has 2 amide bonds. The molecule has 1 aliphatic heterocycles. The minimum Gasteiger partial charge on any atom is -0.368 e. The molecule has 1 aromatic rings. The van der Waals surface area contributed by atoms with Crippen molar-refractivity contribution in [3.8, 4) is 0 Å². The van der Waals surface area contributed by atoms with Crippen molar-refractivity contribution in [3.63, 3.8) is 0 Å². The topological polar surface area (TPSA) is 79.5 Å². The lowest BCUT2D eigenvalue weighted by Crippen LogP contribution is -2.55. The second-order valence-corrected chi connectivity index (χ2v) is 6.55. The Morgan fingerprint density at radius 1 is 1.35 bits per heavy atom. The first-order valence-corrected chi connectivity index (χ1v) is 8.36. The molecule has 1 heterocycles. The third-order valence-electron chi connectivity index (χ3n) is 4.09. The number of halogens is 1. The number of carbonyl (C=O) groups is 2. The van der Waals surface area contributed by atoms with E-state index in [1.54, 1.807) is 0 Å². The van der Waals surface area contributed by atoms with Crippen molar-refractivity contribution in [3.05, 3.63) is 28.2 Å². The van der Waals surface area contributed by atoms with E-state index < -0.39 is 5.60 Å². The third kappa shape index (κ3) is 4.53. The second-order valence-electron chi connectivity index (χ2n) is 5.64. The lowest BCUT2D eigenvalue weighted by Gasteiger charge is -2.34. The van der Waals surface area contributed by atoms with Gasteiger partial charge < -0.3 is 20.7 Å². The molecule has 0 radical (unpaired) electrons. The summed E-state index contributed by atoms with van der Waals surface area (Å²) in [4.78, 5) is 24.4. The number of carbonyl (C=O) groups excluding carboxylic acids is 2.